The molecule has 0 fully saturated rings. The van der Waals surface area contributed by atoms with E-state index < -0.39 is 10.0 Å². The second kappa shape index (κ2) is 7.74. The third kappa shape index (κ3) is 5.28. The second-order valence-electron chi connectivity index (χ2n) is 4.47. The molecule has 118 valence electrons. The molecule has 3 N–H and O–H groups in total. The maximum absolute atomic E-state index is 11.9. The lowest BCUT2D eigenvalue weighted by atomic mass is 10.2. The van der Waals surface area contributed by atoms with E-state index in [1.807, 2.05) is 0 Å². The van der Waals surface area contributed by atoms with Crippen molar-refractivity contribution in [1.82, 2.24) is 10.2 Å². The average molecular weight is 334 g/mol. The van der Waals surface area contributed by atoms with Gasteiger partial charge in [0.25, 0.3) is 5.91 Å². The van der Waals surface area contributed by atoms with Gasteiger partial charge in [0.15, 0.2) is 0 Å². The Morgan fingerprint density at radius 1 is 1.33 bits per heavy atom. The summed E-state index contributed by atoms with van der Waals surface area (Å²) in [6.07, 6.45) is 0. The molecule has 0 unspecified atom stereocenters. The Morgan fingerprint density at radius 3 is 2.43 bits per heavy atom. The summed E-state index contributed by atoms with van der Waals surface area (Å²) in [5.74, 6) is -0.301. The van der Waals surface area contributed by atoms with Crippen molar-refractivity contribution in [2.45, 2.75) is 18.7 Å². The molecule has 0 aliphatic heterocycles. The van der Waals surface area contributed by atoms with Crippen LogP contribution in [0.2, 0.25) is 5.02 Å². The van der Waals surface area contributed by atoms with Crippen LogP contribution in [0.3, 0.4) is 0 Å². The standard InChI is InChI=1S/C13H20ClN3O3S/c1-3-17(4-2)8-7-16-13(18)10-5-6-12(11(14)9-10)21(15,19)20/h5-6,9H,3-4,7-8H2,1-2H3,(H,16,18)(H2,15,19,20). The van der Waals surface area contributed by atoms with Gasteiger partial charge in [-0.15, -0.1) is 0 Å². The zero-order valence-electron chi connectivity index (χ0n) is 12.1. The van der Waals surface area contributed by atoms with Crippen molar-refractivity contribution in [2.75, 3.05) is 26.2 Å². The SMILES string of the molecule is CCN(CC)CCNC(=O)c1ccc(S(N)(=O)=O)c(Cl)c1. The number of benzene rings is 1. The van der Waals surface area contributed by atoms with Crippen LogP contribution in [0.25, 0.3) is 0 Å². The zero-order valence-corrected chi connectivity index (χ0v) is 13.7. The Hall–Kier alpha value is -1.15. The quantitative estimate of drug-likeness (QED) is 0.780. The number of primary sulfonamides is 1. The molecule has 0 bridgehead atoms. The van der Waals surface area contributed by atoms with Crippen molar-refractivity contribution >= 4 is 27.5 Å². The molecule has 8 heteroatoms. The number of halogens is 1. The van der Waals surface area contributed by atoms with Gasteiger partial charge in [0.05, 0.1) is 5.02 Å². The van der Waals surface area contributed by atoms with Crippen LogP contribution in [0.1, 0.15) is 24.2 Å². The number of hydrogen-bond acceptors (Lipinski definition) is 4. The fourth-order valence-electron chi connectivity index (χ4n) is 1.84. The lowest BCUT2D eigenvalue weighted by Crippen LogP contribution is -2.34. The van der Waals surface area contributed by atoms with E-state index in [2.05, 4.69) is 24.1 Å². The summed E-state index contributed by atoms with van der Waals surface area (Å²) < 4.78 is 22.5. The summed E-state index contributed by atoms with van der Waals surface area (Å²) >= 11 is 5.84. The topological polar surface area (TPSA) is 92.5 Å². The fourth-order valence-corrected chi connectivity index (χ4v) is 2.93. The molecule has 0 saturated heterocycles. The minimum Gasteiger partial charge on any atom is -0.351 e. The number of amides is 1. The van der Waals surface area contributed by atoms with E-state index in [9.17, 15) is 13.2 Å². The number of rotatable bonds is 7. The van der Waals surface area contributed by atoms with Crippen LogP contribution in [0.4, 0.5) is 0 Å². The van der Waals surface area contributed by atoms with E-state index in [1.165, 1.54) is 18.2 Å². The van der Waals surface area contributed by atoms with Crippen LogP contribution in [-0.2, 0) is 10.0 Å². The number of carbonyl (C=O) groups excluding carboxylic acids is 1. The van der Waals surface area contributed by atoms with Gasteiger partial charge in [-0.3, -0.25) is 4.79 Å². The van der Waals surface area contributed by atoms with Gasteiger partial charge in [-0.05, 0) is 31.3 Å². The summed E-state index contributed by atoms with van der Waals surface area (Å²) in [5.41, 5.74) is 0.298. The number of likely N-dealkylation sites (N-methyl/N-ethyl adjacent to an activating group) is 1. The molecule has 1 amide bonds. The summed E-state index contributed by atoms with van der Waals surface area (Å²) in [6.45, 7) is 7.20. The lowest BCUT2D eigenvalue weighted by molar-refractivity contribution is 0.0949. The number of nitrogens with two attached hydrogens (primary N) is 1. The minimum absolute atomic E-state index is 0.0612. The summed E-state index contributed by atoms with van der Waals surface area (Å²) in [5, 5.41) is 7.71. The first-order valence-electron chi connectivity index (χ1n) is 6.62. The average Bonchev–Trinajstić information content (AvgIpc) is 2.41. The summed E-state index contributed by atoms with van der Waals surface area (Å²) in [7, 11) is -3.88. The molecule has 0 aliphatic rings. The molecular formula is C13H20ClN3O3S. The Kier molecular flexibility index (Phi) is 6.60. The third-order valence-corrected chi connectivity index (χ3v) is 4.50. The summed E-state index contributed by atoms with van der Waals surface area (Å²) in [6, 6.07) is 3.92. The monoisotopic (exact) mass is 333 g/mol. The predicted molar refractivity (Wildman–Crippen MR) is 82.9 cm³/mol. The molecule has 0 aliphatic carbocycles. The number of carbonyl (C=O) groups is 1. The van der Waals surface area contributed by atoms with Gasteiger partial charge >= 0.3 is 0 Å². The molecule has 0 atom stereocenters. The molecule has 0 saturated carbocycles. The van der Waals surface area contributed by atoms with Gasteiger partial charge in [0, 0.05) is 18.7 Å². The van der Waals surface area contributed by atoms with Crippen LogP contribution in [-0.4, -0.2) is 45.4 Å². The number of nitrogens with zero attached hydrogens (tertiary/aromatic N) is 1. The molecule has 0 radical (unpaired) electrons. The van der Waals surface area contributed by atoms with Gasteiger partial charge in [-0.25, -0.2) is 13.6 Å². The van der Waals surface area contributed by atoms with Gasteiger partial charge in [-0.2, -0.15) is 0 Å². The molecule has 6 nitrogen and oxygen atoms in total. The smallest absolute Gasteiger partial charge is 0.251 e. The van der Waals surface area contributed by atoms with Crippen LogP contribution >= 0.6 is 11.6 Å². The predicted octanol–water partition coefficient (Wildman–Crippen LogP) is 1.06. The largest absolute Gasteiger partial charge is 0.351 e. The maximum atomic E-state index is 11.9. The van der Waals surface area contributed by atoms with E-state index >= 15 is 0 Å². The number of hydrogen-bond donors (Lipinski definition) is 2. The Labute approximate surface area is 130 Å². The first-order chi connectivity index (χ1) is 9.79. The molecular weight excluding hydrogens is 314 g/mol. The van der Waals surface area contributed by atoms with Crippen molar-refractivity contribution in [3.63, 3.8) is 0 Å². The molecule has 21 heavy (non-hydrogen) atoms. The molecule has 0 spiro atoms. The van der Waals surface area contributed by atoms with Crippen molar-refractivity contribution in [3.05, 3.63) is 28.8 Å². The van der Waals surface area contributed by atoms with E-state index in [1.54, 1.807) is 0 Å². The van der Waals surface area contributed by atoms with E-state index in [-0.39, 0.29) is 15.8 Å². The van der Waals surface area contributed by atoms with Gasteiger partial charge in [0.1, 0.15) is 4.90 Å². The molecule has 1 aromatic carbocycles. The molecule has 0 heterocycles. The second-order valence-corrected chi connectivity index (χ2v) is 6.41. The highest BCUT2D eigenvalue weighted by Crippen LogP contribution is 2.21. The van der Waals surface area contributed by atoms with Gasteiger partial charge in [0.2, 0.25) is 10.0 Å². The highest BCUT2D eigenvalue weighted by atomic mass is 35.5. The third-order valence-electron chi connectivity index (χ3n) is 3.11. The summed E-state index contributed by atoms with van der Waals surface area (Å²) in [4.78, 5) is 13.9. The molecule has 1 rings (SSSR count). The highest BCUT2D eigenvalue weighted by molar-refractivity contribution is 7.89. The van der Waals surface area contributed by atoms with Crippen molar-refractivity contribution in [3.8, 4) is 0 Å². The fraction of sp³-hybridized carbons (Fsp3) is 0.462. The van der Waals surface area contributed by atoms with Crippen LogP contribution in [0.15, 0.2) is 23.1 Å². The highest BCUT2D eigenvalue weighted by Gasteiger charge is 2.15. The molecule has 1 aromatic rings. The molecule has 0 aromatic heterocycles. The van der Waals surface area contributed by atoms with E-state index in [4.69, 9.17) is 16.7 Å². The van der Waals surface area contributed by atoms with E-state index in [0.717, 1.165) is 19.6 Å². The zero-order chi connectivity index (χ0) is 16.0. The van der Waals surface area contributed by atoms with Gasteiger partial charge < -0.3 is 10.2 Å². The van der Waals surface area contributed by atoms with Crippen molar-refractivity contribution in [1.29, 1.82) is 0 Å². The Bertz CT molecular complexity index is 601. The van der Waals surface area contributed by atoms with Crippen LogP contribution in [0.5, 0.6) is 0 Å². The van der Waals surface area contributed by atoms with Crippen LogP contribution in [0, 0.1) is 0 Å². The Balaban J connectivity index is 2.70. The minimum atomic E-state index is -3.88. The van der Waals surface area contributed by atoms with Crippen molar-refractivity contribution < 1.29 is 13.2 Å². The lowest BCUT2D eigenvalue weighted by Gasteiger charge is -2.18. The Morgan fingerprint density at radius 2 is 1.95 bits per heavy atom. The van der Waals surface area contributed by atoms with Crippen LogP contribution < -0.4 is 10.5 Å². The first-order valence-corrected chi connectivity index (χ1v) is 8.55. The van der Waals surface area contributed by atoms with Crippen molar-refractivity contribution in [2.24, 2.45) is 5.14 Å². The number of sulfonamides is 1. The van der Waals surface area contributed by atoms with Gasteiger partial charge in [-0.1, -0.05) is 25.4 Å². The maximum Gasteiger partial charge on any atom is 0.251 e. The first kappa shape index (κ1) is 17.9. The number of nitrogens with one attached hydrogen (secondary N) is 1. The normalized spacial score (nSPS) is 11.7. The van der Waals surface area contributed by atoms with E-state index in [0.29, 0.717) is 12.1 Å².